The molecule has 0 bridgehead atoms. The molecule has 128 valence electrons. The van der Waals surface area contributed by atoms with Crippen molar-refractivity contribution in [2.24, 2.45) is 0 Å². The van der Waals surface area contributed by atoms with Gasteiger partial charge < -0.3 is 15.7 Å². The molecule has 0 saturated heterocycles. The highest BCUT2D eigenvalue weighted by molar-refractivity contribution is 5.96. The average Bonchev–Trinajstić information content (AvgIpc) is 2.49. The number of carbonyl (C=O) groups excluding carboxylic acids is 2. The smallest absolute Gasteiger partial charge is 0.251 e. The van der Waals surface area contributed by atoms with E-state index in [0.717, 1.165) is 5.56 Å². The van der Waals surface area contributed by atoms with Crippen LogP contribution < -0.4 is 10.6 Å². The van der Waals surface area contributed by atoms with E-state index >= 15 is 0 Å². The Balaban J connectivity index is 2.55. The van der Waals surface area contributed by atoms with Gasteiger partial charge in [-0.25, -0.2) is 0 Å². The molecule has 1 aromatic carbocycles. The molecule has 0 saturated carbocycles. The molecule has 2 atom stereocenters. The molecule has 5 heteroatoms. The second kappa shape index (κ2) is 8.11. The van der Waals surface area contributed by atoms with E-state index in [2.05, 4.69) is 31.4 Å². The summed E-state index contributed by atoms with van der Waals surface area (Å²) in [5.74, 6) is -0.594. The normalized spacial score (nSPS) is 14.0. The molecule has 0 aliphatic carbocycles. The first-order chi connectivity index (χ1) is 10.6. The molecule has 3 N–H and O–H groups in total. The highest BCUT2D eigenvalue weighted by atomic mass is 16.3. The number of carbonyl (C=O) groups is 2. The van der Waals surface area contributed by atoms with Crippen LogP contribution in [0, 0.1) is 0 Å². The fraction of sp³-hybridized carbons (Fsp3) is 0.556. The van der Waals surface area contributed by atoms with Crippen molar-refractivity contribution in [2.75, 3.05) is 6.54 Å². The minimum Gasteiger partial charge on any atom is -0.391 e. The zero-order chi connectivity index (χ0) is 17.6. The molecule has 0 radical (unpaired) electrons. The minimum atomic E-state index is -0.621. The summed E-state index contributed by atoms with van der Waals surface area (Å²) in [6, 6.07) is 7.08. The lowest BCUT2D eigenvalue weighted by Gasteiger charge is -2.20. The standard InChI is InChI=1S/C18H28N2O3/c1-6-15(12(2)21)20-16(22)11-19-17(23)13-7-9-14(10-8-13)18(3,4)5/h7-10,12,15,21H,6,11H2,1-5H3,(H,19,23)(H,20,22). The van der Waals surface area contributed by atoms with Gasteiger partial charge in [0.15, 0.2) is 0 Å². The van der Waals surface area contributed by atoms with Crippen LogP contribution in [-0.4, -0.2) is 35.6 Å². The molecule has 1 rings (SSSR count). The highest BCUT2D eigenvalue weighted by Gasteiger charge is 2.17. The van der Waals surface area contributed by atoms with Crippen molar-refractivity contribution in [3.8, 4) is 0 Å². The van der Waals surface area contributed by atoms with Gasteiger partial charge in [-0.05, 0) is 36.5 Å². The number of amides is 2. The summed E-state index contributed by atoms with van der Waals surface area (Å²) in [7, 11) is 0. The van der Waals surface area contributed by atoms with Gasteiger partial charge in [-0.3, -0.25) is 9.59 Å². The SMILES string of the molecule is CCC(NC(=O)CNC(=O)c1ccc(C(C)(C)C)cc1)C(C)O. The van der Waals surface area contributed by atoms with Crippen LogP contribution in [0.4, 0.5) is 0 Å². The van der Waals surface area contributed by atoms with E-state index in [9.17, 15) is 14.7 Å². The van der Waals surface area contributed by atoms with Crippen LogP contribution in [0.1, 0.15) is 57.0 Å². The molecule has 5 nitrogen and oxygen atoms in total. The van der Waals surface area contributed by atoms with E-state index in [4.69, 9.17) is 0 Å². The van der Waals surface area contributed by atoms with Gasteiger partial charge in [0, 0.05) is 5.56 Å². The number of hydrogen-bond acceptors (Lipinski definition) is 3. The van der Waals surface area contributed by atoms with Crippen LogP contribution in [0.2, 0.25) is 0 Å². The summed E-state index contributed by atoms with van der Waals surface area (Å²) in [4.78, 5) is 23.9. The first-order valence-corrected chi connectivity index (χ1v) is 8.01. The van der Waals surface area contributed by atoms with E-state index in [-0.39, 0.29) is 29.8 Å². The van der Waals surface area contributed by atoms with Gasteiger partial charge in [0.1, 0.15) is 0 Å². The Morgan fingerprint density at radius 2 is 1.74 bits per heavy atom. The number of benzene rings is 1. The Morgan fingerprint density at radius 1 is 1.17 bits per heavy atom. The van der Waals surface area contributed by atoms with Gasteiger partial charge in [0.25, 0.3) is 5.91 Å². The summed E-state index contributed by atoms with van der Waals surface area (Å²) in [6.07, 6.45) is 0.00983. The molecule has 0 spiro atoms. The molecule has 0 aliphatic rings. The quantitative estimate of drug-likeness (QED) is 0.750. The zero-order valence-electron chi connectivity index (χ0n) is 14.6. The van der Waals surface area contributed by atoms with Crippen molar-refractivity contribution in [3.63, 3.8) is 0 Å². The van der Waals surface area contributed by atoms with Gasteiger partial charge in [-0.1, -0.05) is 39.8 Å². The van der Waals surface area contributed by atoms with Gasteiger partial charge >= 0.3 is 0 Å². The van der Waals surface area contributed by atoms with Crippen molar-refractivity contribution in [1.29, 1.82) is 0 Å². The Morgan fingerprint density at radius 3 is 2.17 bits per heavy atom. The summed E-state index contributed by atoms with van der Waals surface area (Å²) in [6.45, 7) is 9.73. The minimum absolute atomic E-state index is 0.0328. The third kappa shape index (κ3) is 6.02. The number of aliphatic hydroxyl groups is 1. The van der Waals surface area contributed by atoms with Crippen LogP contribution in [0.3, 0.4) is 0 Å². The number of aliphatic hydroxyl groups excluding tert-OH is 1. The molecule has 0 fully saturated rings. The van der Waals surface area contributed by atoms with Crippen molar-refractivity contribution < 1.29 is 14.7 Å². The summed E-state index contributed by atoms with van der Waals surface area (Å²) in [5.41, 5.74) is 1.70. The van der Waals surface area contributed by atoms with Crippen molar-refractivity contribution in [1.82, 2.24) is 10.6 Å². The van der Waals surface area contributed by atoms with Crippen LogP contribution in [-0.2, 0) is 10.2 Å². The van der Waals surface area contributed by atoms with Gasteiger partial charge in [0.05, 0.1) is 18.7 Å². The monoisotopic (exact) mass is 320 g/mol. The van der Waals surface area contributed by atoms with E-state index < -0.39 is 6.10 Å². The van der Waals surface area contributed by atoms with Crippen molar-refractivity contribution in [2.45, 2.75) is 58.6 Å². The molecule has 23 heavy (non-hydrogen) atoms. The van der Waals surface area contributed by atoms with E-state index in [1.807, 2.05) is 19.1 Å². The fourth-order valence-corrected chi connectivity index (χ4v) is 2.21. The van der Waals surface area contributed by atoms with Crippen molar-refractivity contribution in [3.05, 3.63) is 35.4 Å². The lowest BCUT2D eigenvalue weighted by Crippen LogP contribution is -2.46. The number of hydrogen-bond donors (Lipinski definition) is 3. The van der Waals surface area contributed by atoms with E-state index in [0.29, 0.717) is 12.0 Å². The molecule has 1 aromatic rings. The fourth-order valence-electron chi connectivity index (χ4n) is 2.21. The average molecular weight is 320 g/mol. The Bertz CT molecular complexity index is 530. The third-order valence-corrected chi connectivity index (χ3v) is 3.79. The second-order valence-corrected chi connectivity index (χ2v) is 6.83. The lowest BCUT2D eigenvalue weighted by molar-refractivity contribution is -0.121. The molecular weight excluding hydrogens is 292 g/mol. The molecular formula is C18H28N2O3. The highest BCUT2D eigenvalue weighted by Crippen LogP contribution is 2.22. The van der Waals surface area contributed by atoms with E-state index in [1.54, 1.807) is 19.1 Å². The van der Waals surface area contributed by atoms with E-state index in [1.165, 1.54) is 0 Å². The maximum Gasteiger partial charge on any atom is 0.251 e. The maximum atomic E-state index is 12.1. The third-order valence-electron chi connectivity index (χ3n) is 3.79. The lowest BCUT2D eigenvalue weighted by atomic mass is 9.87. The molecule has 2 amide bonds. The number of rotatable bonds is 6. The van der Waals surface area contributed by atoms with Crippen LogP contribution in [0.5, 0.6) is 0 Å². The topological polar surface area (TPSA) is 78.4 Å². The maximum absolute atomic E-state index is 12.1. The molecule has 0 aliphatic heterocycles. The first kappa shape index (κ1) is 19.2. The molecule has 0 aromatic heterocycles. The first-order valence-electron chi connectivity index (χ1n) is 8.01. The van der Waals surface area contributed by atoms with Crippen LogP contribution in [0.25, 0.3) is 0 Å². The zero-order valence-corrected chi connectivity index (χ0v) is 14.6. The van der Waals surface area contributed by atoms with Crippen LogP contribution in [0.15, 0.2) is 24.3 Å². The second-order valence-electron chi connectivity index (χ2n) is 6.83. The Hall–Kier alpha value is -1.88. The van der Waals surface area contributed by atoms with Gasteiger partial charge in [-0.15, -0.1) is 0 Å². The van der Waals surface area contributed by atoms with Crippen LogP contribution >= 0.6 is 0 Å². The number of nitrogens with one attached hydrogen (secondary N) is 2. The molecule has 0 heterocycles. The predicted molar refractivity (Wildman–Crippen MR) is 91.4 cm³/mol. The Labute approximate surface area is 138 Å². The Kier molecular flexibility index (Phi) is 6.76. The summed E-state index contributed by atoms with van der Waals surface area (Å²) < 4.78 is 0. The summed E-state index contributed by atoms with van der Waals surface area (Å²) in [5, 5.41) is 14.8. The molecule has 2 unspecified atom stereocenters. The summed E-state index contributed by atoms with van der Waals surface area (Å²) >= 11 is 0. The predicted octanol–water partition coefficient (Wildman–Crippen LogP) is 1.99. The van der Waals surface area contributed by atoms with Gasteiger partial charge in [0.2, 0.25) is 5.91 Å². The van der Waals surface area contributed by atoms with Gasteiger partial charge in [-0.2, -0.15) is 0 Å². The van der Waals surface area contributed by atoms with Crippen molar-refractivity contribution >= 4 is 11.8 Å². The largest absolute Gasteiger partial charge is 0.391 e.